The molecule has 27 heavy (non-hydrogen) atoms. The fourth-order valence-electron chi connectivity index (χ4n) is 3.30. The Morgan fingerprint density at radius 2 is 1.85 bits per heavy atom. The predicted molar refractivity (Wildman–Crippen MR) is 117 cm³/mol. The molecule has 1 unspecified atom stereocenters. The van der Waals surface area contributed by atoms with Crippen molar-refractivity contribution in [1.29, 1.82) is 0 Å². The van der Waals surface area contributed by atoms with E-state index in [0.29, 0.717) is 28.5 Å². The molecular formula is C20H33Cl2N5. The monoisotopic (exact) mass is 413 g/mol. The maximum Gasteiger partial charge on any atom is 0.191 e. The highest BCUT2D eigenvalue weighted by atomic mass is 35.5. The number of benzene rings is 1. The van der Waals surface area contributed by atoms with Crippen LogP contribution in [0.25, 0.3) is 0 Å². The number of rotatable bonds is 7. The van der Waals surface area contributed by atoms with Crippen LogP contribution in [0.3, 0.4) is 0 Å². The van der Waals surface area contributed by atoms with Crippen molar-refractivity contribution < 1.29 is 0 Å². The van der Waals surface area contributed by atoms with Gasteiger partial charge in [0, 0.05) is 55.4 Å². The van der Waals surface area contributed by atoms with Crippen LogP contribution in [-0.4, -0.2) is 68.1 Å². The Bertz CT molecular complexity index is 612. The van der Waals surface area contributed by atoms with Crippen molar-refractivity contribution in [3.63, 3.8) is 0 Å². The number of hydrogen-bond acceptors (Lipinski definition) is 3. The lowest BCUT2D eigenvalue weighted by Gasteiger charge is -2.40. The minimum Gasteiger partial charge on any atom is -0.357 e. The summed E-state index contributed by atoms with van der Waals surface area (Å²) in [6.07, 6.45) is 0. The average Bonchev–Trinajstić information content (AvgIpc) is 2.62. The third kappa shape index (κ3) is 7.15. The van der Waals surface area contributed by atoms with Gasteiger partial charge in [-0.25, -0.2) is 4.99 Å². The largest absolute Gasteiger partial charge is 0.357 e. The fourth-order valence-corrected chi connectivity index (χ4v) is 3.77. The second-order valence-corrected chi connectivity index (χ2v) is 8.31. The summed E-state index contributed by atoms with van der Waals surface area (Å²) in [4.78, 5) is 9.69. The summed E-state index contributed by atoms with van der Waals surface area (Å²) in [6, 6.07) is 6.03. The average molecular weight is 414 g/mol. The molecule has 0 aliphatic carbocycles. The summed E-state index contributed by atoms with van der Waals surface area (Å²) >= 11 is 12.2. The van der Waals surface area contributed by atoms with Gasteiger partial charge in [0.2, 0.25) is 0 Å². The molecule has 7 heteroatoms. The second-order valence-electron chi connectivity index (χ2n) is 7.46. The number of halogens is 2. The first kappa shape index (κ1) is 22.3. The molecule has 0 bridgehead atoms. The number of nitrogens with one attached hydrogen (secondary N) is 2. The first-order valence-corrected chi connectivity index (χ1v) is 10.5. The fraction of sp³-hybridized carbons (Fsp3) is 0.650. The van der Waals surface area contributed by atoms with Crippen LogP contribution in [0.5, 0.6) is 0 Å². The first-order chi connectivity index (χ1) is 12.9. The van der Waals surface area contributed by atoms with E-state index in [4.69, 9.17) is 28.2 Å². The maximum atomic E-state index is 6.27. The van der Waals surface area contributed by atoms with Crippen LogP contribution in [0.15, 0.2) is 23.2 Å². The van der Waals surface area contributed by atoms with E-state index in [9.17, 15) is 0 Å². The summed E-state index contributed by atoms with van der Waals surface area (Å²) in [7, 11) is 2.19. The van der Waals surface area contributed by atoms with Crippen molar-refractivity contribution in [2.24, 2.45) is 10.9 Å². The number of nitrogens with zero attached hydrogens (tertiary/aromatic N) is 3. The molecule has 1 aromatic carbocycles. The molecule has 2 N–H and O–H groups in total. The maximum absolute atomic E-state index is 6.27. The third-order valence-electron chi connectivity index (χ3n) is 5.02. The van der Waals surface area contributed by atoms with Gasteiger partial charge in [0.1, 0.15) is 0 Å². The van der Waals surface area contributed by atoms with Gasteiger partial charge in [-0.1, -0.05) is 43.1 Å². The van der Waals surface area contributed by atoms with Crippen molar-refractivity contribution in [1.82, 2.24) is 20.4 Å². The molecule has 1 aliphatic rings. The molecule has 1 heterocycles. The molecule has 0 saturated carbocycles. The number of piperazine rings is 1. The topological polar surface area (TPSA) is 42.9 Å². The van der Waals surface area contributed by atoms with E-state index in [2.05, 4.69) is 48.3 Å². The van der Waals surface area contributed by atoms with Crippen molar-refractivity contribution in [3.8, 4) is 0 Å². The Balaban J connectivity index is 1.98. The van der Waals surface area contributed by atoms with Crippen LogP contribution in [-0.2, 0) is 6.54 Å². The number of likely N-dealkylation sites (N-methyl/N-ethyl adjacent to an activating group) is 1. The molecule has 1 aliphatic heterocycles. The SMILES string of the molecule is CCNC(=NCc1ccc(Cl)cc1Cl)NCC(C(C)C)N1CCN(C)CC1. The van der Waals surface area contributed by atoms with E-state index in [0.717, 1.165) is 50.8 Å². The Morgan fingerprint density at radius 3 is 2.44 bits per heavy atom. The molecule has 2 rings (SSSR count). The van der Waals surface area contributed by atoms with Gasteiger partial charge in [0.25, 0.3) is 0 Å². The van der Waals surface area contributed by atoms with Crippen LogP contribution >= 0.6 is 23.2 Å². The highest BCUT2D eigenvalue weighted by Gasteiger charge is 2.25. The van der Waals surface area contributed by atoms with Crippen LogP contribution in [0.2, 0.25) is 10.0 Å². The Morgan fingerprint density at radius 1 is 1.15 bits per heavy atom. The zero-order chi connectivity index (χ0) is 19.8. The second kappa shape index (κ2) is 11.1. The molecule has 0 spiro atoms. The molecule has 5 nitrogen and oxygen atoms in total. The van der Waals surface area contributed by atoms with Crippen LogP contribution in [0.1, 0.15) is 26.3 Å². The Kier molecular flexibility index (Phi) is 9.16. The van der Waals surface area contributed by atoms with Gasteiger partial charge in [0.15, 0.2) is 5.96 Å². The van der Waals surface area contributed by atoms with Gasteiger partial charge < -0.3 is 15.5 Å². The predicted octanol–water partition coefficient (Wildman–Crippen LogP) is 3.32. The number of guanidine groups is 1. The van der Waals surface area contributed by atoms with Gasteiger partial charge in [-0.05, 0) is 37.6 Å². The summed E-state index contributed by atoms with van der Waals surface area (Å²) in [6.45, 7) is 13.4. The first-order valence-electron chi connectivity index (χ1n) is 9.79. The van der Waals surface area contributed by atoms with Gasteiger partial charge in [-0.2, -0.15) is 0 Å². The lowest BCUT2D eigenvalue weighted by Crippen LogP contribution is -2.55. The quantitative estimate of drug-likeness (QED) is 0.531. The zero-order valence-electron chi connectivity index (χ0n) is 16.9. The summed E-state index contributed by atoms with van der Waals surface area (Å²) < 4.78 is 0. The standard InChI is InChI=1S/C20H33Cl2N5/c1-5-23-20(24-13-16-6-7-17(21)12-18(16)22)25-14-19(15(2)3)27-10-8-26(4)9-11-27/h6-7,12,15,19H,5,8-11,13-14H2,1-4H3,(H2,23,24,25). The lowest BCUT2D eigenvalue weighted by atomic mass is 10.0. The van der Waals surface area contributed by atoms with Crippen molar-refractivity contribution >= 4 is 29.2 Å². The van der Waals surface area contributed by atoms with Gasteiger partial charge in [-0.15, -0.1) is 0 Å². The van der Waals surface area contributed by atoms with Crippen molar-refractivity contribution in [2.75, 3.05) is 46.3 Å². The summed E-state index contributed by atoms with van der Waals surface area (Å²) in [5.41, 5.74) is 0.970. The number of aliphatic imine (C=N–C) groups is 1. The molecule has 1 atom stereocenters. The van der Waals surface area contributed by atoms with Crippen LogP contribution in [0.4, 0.5) is 0 Å². The van der Waals surface area contributed by atoms with Crippen molar-refractivity contribution in [2.45, 2.75) is 33.4 Å². The number of hydrogen-bond donors (Lipinski definition) is 2. The molecule has 152 valence electrons. The highest BCUT2D eigenvalue weighted by Crippen LogP contribution is 2.21. The summed E-state index contributed by atoms with van der Waals surface area (Å²) in [5, 5.41) is 8.15. The molecule has 1 saturated heterocycles. The molecule has 0 aromatic heterocycles. The van der Waals surface area contributed by atoms with E-state index < -0.39 is 0 Å². The van der Waals surface area contributed by atoms with E-state index in [-0.39, 0.29) is 0 Å². The molecule has 1 fully saturated rings. The van der Waals surface area contributed by atoms with E-state index in [1.165, 1.54) is 0 Å². The molecular weight excluding hydrogens is 381 g/mol. The highest BCUT2D eigenvalue weighted by molar-refractivity contribution is 6.35. The smallest absolute Gasteiger partial charge is 0.191 e. The van der Waals surface area contributed by atoms with Gasteiger partial charge in [-0.3, -0.25) is 4.90 Å². The summed E-state index contributed by atoms with van der Waals surface area (Å²) in [5.74, 6) is 1.40. The van der Waals surface area contributed by atoms with Gasteiger partial charge in [0.05, 0.1) is 6.54 Å². The molecule has 1 aromatic rings. The minimum absolute atomic E-state index is 0.488. The van der Waals surface area contributed by atoms with E-state index in [1.807, 2.05) is 12.1 Å². The normalized spacial score (nSPS) is 18.0. The lowest BCUT2D eigenvalue weighted by molar-refractivity contribution is 0.0900. The molecule has 0 radical (unpaired) electrons. The third-order valence-corrected chi connectivity index (χ3v) is 5.61. The van der Waals surface area contributed by atoms with Crippen LogP contribution in [0, 0.1) is 5.92 Å². The minimum atomic E-state index is 0.488. The Labute approximate surface area is 174 Å². The van der Waals surface area contributed by atoms with E-state index in [1.54, 1.807) is 6.07 Å². The van der Waals surface area contributed by atoms with Crippen molar-refractivity contribution in [3.05, 3.63) is 33.8 Å². The van der Waals surface area contributed by atoms with E-state index >= 15 is 0 Å². The Hall–Kier alpha value is -1.01. The van der Waals surface area contributed by atoms with Gasteiger partial charge >= 0.3 is 0 Å². The van der Waals surface area contributed by atoms with Crippen LogP contribution < -0.4 is 10.6 Å². The zero-order valence-corrected chi connectivity index (χ0v) is 18.4. The molecule has 0 amide bonds.